The van der Waals surface area contributed by atoms with Crippen LogP contribution >= 0.6 is 17.0 Å². The van der Waals surface area contributed by atoms with Crippen LogP contribution in [0.1, 0.15) is 0 Å². The molecule has 2 heteroatoms. The van der Waals surface area contributed by atoms with Gasteiger partial charge in [0.1, 0.15) is 0 Å². The van der Waals surface area contributed by atoms with Gasteiger partial charge < -0.3 is 0 Å². The van der Waals surface area contributed by atoms with E-state index in [1.165, 1.54) is 0 Å². The molecule has 0 unspecified atom stereocenters. The number of hydrogen-bond donors (Lipinski definition) is 0. The predicted octanol–water partition coefficient (Wildman–Crippen LogP) is 1.31. The van der Waals surface area contributed by atoms with Gasteiger partial charge in [-0.05, 0) is 0 Å². The Hall–Kier alpha value is 0.830. The summed E-state index contributed by atoms with van der Waals surface area (Å²) in [5, 5.41) is 0. The van der Waals surface area contributed by atoms with Crippen molar-refractivity contribution in [3.63, 3.8) is 0 Å². The number of hydrogen-bond acceptors (Lipinski definition) is 0. The Balaban J connectivity index is 0.000000250. The number of allylic oxidation sites excluding steroid dienone is 2. The zero-order valence-electron chi connectivity index (χ0n) is 3.39. The maximum absolute atomic E-state index is 2.34. The van der Waals surface area contributed by atoms with Crippen molar-refractivity contribution in [2.24, 2.45) is 0 Å². The zero-order chi connectivity index (χ0) is 3.54. The van der Waals surface area contributed by atoms with Crippen molar-refractivity contribution >= 4 is 39.9 Å². The summed E-state index contributed by atoms with van der Waals surface area (Å²) < 4.78 is 4.67. The summed E-state index contributed by atoms with van der Waals surface area (Å²) in [5.74, 6) is 0. The maximum Gasteiger partial charge on any atom is 0 e. The molecule has 0 bridgehead atoms. The van der Waals surface area contributed by atoms with E-state index in [1.54, 1.807) is 0 Å². The van der Waals surface area contributed by atoms with Gasteiger partial charge in [0.05, 0.1) is 0 Å². The monoisotopic (exact) mass is 247 g/mol. The van der Waals surface area contributed by atoms with Crippen LogP contribution in [-0.2, 0) is 0 Å². The molecule has 6 heavy (non-hydrogen) atoms. The minimum Gasteiger partial charge on any atom is 0 e. The van der Waals surface area contributed by atoms with Crippen molar-refractivity contribution in [3.8, 4) is 0 Å². The van der Waals surface area contributed by atoms with Crippen molar-refractivity contribution in [2.45, 2.75) is 0 Å². The van der Waals surface area contributed by atoms with Crippen molar-refractivity contribution in [3.05, 3.63) is 19.8 Å². The number of halogens is 1. The van der Waals surface area contributed by atoms with Gasteiger partial charge in [-0.3, -0.25) is 0 Å². The topological polar surface area (TPSA) is 0 Å². The first-order chi connectivity index (χ1) is 2.50. The molecule has 31 valence electrons. The fourth-order valence-electron chi connectivity index (χ4n) is 0.393. The molecule has 1 rings (SSSR count). The molecule has 0 aliphatic carbocycles. The Morgan fingerprint density at radius 3 is 1.67 bits per heavy atom. The molecule has 0 nitrogen and oxygen atoms in total. The summed E-state index contributed by atoms with van der Waals surface area (Å²) >= 11 is -0.308. The minimum atomic E-state index is -0.308. The third-order valence-corrected chi connectivity index (χ3v) is 3.76. The fraction of sp³-hybridized carbons (Fsp3) is 0. The quantitative estimate of drug-likeness (QED) is 0.606. The van der Waals surface area contributed by atoms with Gasteiger partial charge in [-0.2, -0.15) is 0 Å². The zero-order valence-corrected chi connectivity index (χ0v) is 9.02. The molecule has 0 aromatic carbocycles. The predicted molar refractivity (Wildman–Crippen MR) is 34.4 cm³/mol. The summed E-state index contributed by atoms with van der Waals surface area (Å²) in [6.07, 6.45) is 4.30. The van der Waals surface area contributed by atoms with E-state index >= 15 is 0 Å². The first-order valence-electron chi connectivity index (χ1n) is 1.82. The van der Waals surface area contributed by atoms with E-state index in [1.807, 2.05) is 0 Å². The molecule has 0 saturated carbocycles. The van der Waals surface area contributed by atoms with Gasteiger partial charge in [-0.25, -0.2) is 0 Å². The molecule has 1 radical (unpaired) electrons. The van der Waals surface area contributed by atoms with Crippen LogP contribution in [0, 0.1) is 0 Å². The third kappa shape index (κ3) is 2.08. The fourth-order valence-corrected chi connectivity index (χ4v) is 2.64. The van der Waals surface area contributed by atoms with Gasteiger partial charge in [0.2, 0.25) is 0 Å². The standard InChI is InChI=1S/C4H4.Br.In.H/c1-3-4-2;;;/h1-4H;;;. The van der Waals surface area contributed by atoms with E-state index in [4.69, 9.17) is 0 Å². The Kier molecular flexibility index (Phi) is 4.56. The summed E-state index contributed by atoms with van der Waals surface area (Å²) in [6.45, 7) is 0. The van der Waals surface area contributed by atoms with Crippen LogP contribution < -0.4 is 0 Å². The molecule has 0 aromatic heterocycles. The van der Waals surface area contributed by atoms with Crippen molar-refractivity contribution in [1.82, 2.24) is 0 Å². The molecule has 0 amide bonds. The average Bonchev–Trinajstić information content (AvgIpc) is 1.76. The molecule has 0 saturated heterocycles. The summed E-state index contributed by atoms with van der Waals surface area (Å²) in [6, 6.07) is 0. The van der Waals surface area contributed by atoms with Gasteiger partial charge in [-0.15, -0.1) is 0 Å². The van der Waals surface area contributed by atoms with Gasteiger partial charge in [0.15, 0.2) is 0 Å². The smallest absolute Gasteiger partial charge is 0 e. The largest absolute Gasteiger partial charge is 0 e. The molecule has 1 aliphatic heterocycles. The van der Waals surface area contributed by atoms with Crippen LogP contribution in [0.5, 0.6) is 0 Å². The van der Waals surface area contributed by atoms with E-state index in [0.717, 1.165) is 0 Å². The third-order valence-electron chi connectivity index (χ3n) is 0.655. The first-order valence-corrected chi connectivity index (χ1v) is 6.48. The summed E-state index contributed by atoms with van der Waals surface area (Å²) in [5.41, 5.74) is 0. The van der Waals surface area contributed by atoms with Crippen molar-refractivity contribution in [2.75, 3.05) is 0 Å². The molecule has 0 aromatic rings. The van der Waals surface area contributed by atoms with Crippen LogP contribution in [0.25, 0.3) is 0 Å². The molecule has 0 N–H and O–H groups in total. The molecular weight excluding hydrogens is 243 g/mol. The van der Waals surface area contributed by atoms with Gasteiger partial charge >= 0.3 is 42.7 Å². The van der Waals surface area contributed by atoms with Crippen LogP contribution in [0.2, 0.25) is 0 Å². The normalized spacial score (nSPS) is 13.3. The van der Waals surface area contributed by atoms with Crippen LogP contribution in [0.15, 0.2) is 19.8 Å². The second-order valence-electron chi connectivity index (χ2n) is 1.09. The van der Waals surface area contributed by atoms with Gasteiger partial charge in [-0.1, -0.05) is 0 Å². The van der Waals surface area contributed by atoms with E-state index in [0.29, 0.717) is 0 Å². The molecular formula is C4H5BrIn. The van der Waals surface area contributed by atoms with Crippen LogP contribution in [-0.4, -0.2) is 22.9 Å². The summed E-state index contributed by atoms with van der Waals surface area (Å²) in [4.78, 5) is 0. The molecule has 1 heterocycles. The van der Waals surface area contributed by atoms with Crippen LogP contribution in [0.4, 0.5) is 0 Å². The molecule has 0 spiro atoms. The Morgan fingerprint density at radius 1 is 1.00 bits per heavy atom. The van der Waals surface area contributed by atoms with Crippen LogP contribution in [0.3, 0.4) is 0 Å². The minimum absolute atomic E-state index is 0. The Morgan fingerprint density at radius 2 is 1.50 bits per heavy atom. The van der Waals surface area contributed by atoms with Crippen molar-refractivity contribution in [1.29, 1.82) is 0 Å². The SMILES string of the molecule is C1=[CH][InH][CH]=C1.[Br]. The second-order valence-corrected chi connectivity index (χ2v) is 5.13. The Bertz CT molecular complexity index is 65.6. The summed E-state index contributed by atoms with van der Waals surface area (Å²) in [7, 11) is 0. The van der Waals surface area contributed by atoms with E-state index in [2.05, 4.69) is 19.8 Å². The number of rotatable bonds is 0. The molecule has 0 fully saturated rings. The Labute approximate surface area is 59.4 Å². The van der Waals surface area contributed by atoms with Gasteiger partial charge in [0.25, 0.3) is 0 Å². The van der Waals surface area contributed by atoms with E-state index in [-0.39, 0.29) is 39.9 Å². The average molecular weight is 248 g/mol. The first kappa shape index (κ1) is 6.83. The van der Waals surface area contributed by atoms with E-state index in [9.17, 15) is 0 Å². The van der Waals surface area contributed by atoms with Gasteiger partial charge in [0, 0.05) is 17.0 Å². The molecule has 0 atom stereocenters. The maximum atomic E-state index is 2.34. The second kappa shape index (κ2) is 4.00. The van der Waals surface area contributed by atoms with Crippen molar-refractivity contribution < 1.29 is 0 Å². The molecule has 1 aliphatic rings. The van der Waals surface area contributed by atoms with E-state index < -0.39 is 0 Å².